The van der Waals surface area contributed by atoms with E-state index in [2.05, 4.69) is 0 Å². The first-order valence-electron chi connectivity index (χ1n) is 14.0. The number of carbonyl (C=O) groups excluding carboxylic acids is 1. The Morgan fingerprint density at radius 1 is 1.07 bits per heavy atom. The molecule has 0 radical (unpaired) electrons. The van der Waals surface area contributed by atoms with Crippen molar-refractivity contribution in [2.45, 2.75) is 37.5 Å². The van der Waals surface area contributed by atoms with Gasteiger partial charge in [0.05, 0.1) is 30.3 Å². The molecular weight excluding hydrogens is 574 g/mol. The van der Waals surface area contributed by atoms with E-state index in [1.54, 1.807) is 17.0 Å². The molecule has 0 bridgehead atoms. The maximum atomic E-state index is 14.4. The number of aliphatic hydroxyl groups excluding tert-OH is 1. The van der Waals surface area contributed by atoms with Crippen LogP contribution in [0.3, 0.4) is 0 Å². The standard InChI is InChI=1S/C32H36ClN3O5S/c1-21-17-36(22(2)19-37)32(38)31-30(27-11-7-8-12-28(27)35(31)4)26-10-6-5-9-23(26)20-41-29(21)18-34(3)42(39,40)25-15-13-24(33)14-16-25/h5-16,21-22,29,37H,17-20H2,1-4H3/t21-,22-,29+/m0/s1. The minimum Gasteiger partial charge on any atom is -0.394 e. The second kappa shape index (κ2) is 12.2. The molecule has 222 valence electrons. The molecule has 0 spiro atoms. The normalized spacial score (nSPS) is 18.9. The van der Waals surface area contributed by atoms with E-state index in [9.17, 15) is 18.3 Å². The third kappa shape index (κ3) is 5.59. The van der Waals surface area contributed by atoms with Gasteiger partial charge in [-0.3, -0.25) is 4.79 Å². The lowest BCUT2D eigenvalue weighted by atomic mass is 9.96. The highest BCUT2D eigenvalue weighted by Crippen LogP contribution is 2.38. The minimum atomic E-state index is -3.82. The largest absolute Gasteiger partial charge is 0.394 e. The molecule has 1 aliphatic heterocycles. The Morgan fingerprint density at radius 3 is 2.45 bits per heavy atom. The fourth-order valence-corrected chi connectivity index (χ4v) is 6.97. The molecule has 1 aromatic heterocycles. The van der Waals surface area contributed by atoms with Gasteiger partial charge in [-0.2, -0.15) is 4.31 Å². The first-order chi connectivity index (χ1) is 20.0. The number of rotatable bonds is 6. The molecule has 4 aromatic rings. The quantitative estimate of drug-likeness (QED) is 0.325. The number of amides is 1. The molecule has 1 aliphatic rings. The summed E-state index contributed by atoms with van der Waals surface area (Å²) in [5, 5.41) is 11.6. The molecule has 5 rings (SSSR count). The Balaban J connectivity index is 1.60. The van der Waals surface area contributed by atoms with Gasteiger partial charge in [0.1, 0.15) is 5.69 Å². The molecule has 0 saturated heterocycles. The van der Waals surface area contributed by atoms with Crippen molar-refractivity contribution in [3.05, 3.63) is 89.1 Å². The van der Waals surface area contributed by atoms with Crippen molar-refractivity contribution in [2.75, 3.05) is 26.7 Å². The number of benzene rings is 3. The first-order valence-corrected chi connectivity index (χ1v) is 15.8. The highest BCUT2D eigenvalue weighted by Gasteiger charge is 2.34. The van der Waals surface area contributed by atoms with Crippen LogP contribution in [0.5, 0.6) is 0 Å². The lowest BCUT2D eigenvalue weighted by Crippen LogP contribution is -2.48. The van der Waals surface area contributed by atoms with Gasteiger partial charge < -0.3 is 19.3 Å². The maximum Gasteiger partial charge on any atom is 0.271 e. The van der Waals surface area contributed by atoms with Crippen molar-refractivity contribution in [1.29, 1.82) is 0 Å². The van der Waals surface area contributed by atoms with Crippen LogP contribution in [0.2, 0.25) is 5.02 Å². The van der Waals surface area contributed by atoms with Gasteiger partial charge in [-0.25, -0.2) is 8.42 Å². The SMILES string of the molecule is C[C@H]1CN([C@@H](C)CO)C(=O)c2c(c3ccccc3n2C)-c2ccccc2CO[C@@H]1CN(C)S(=O)(=O)c1ccc(Cl)cc1. The third-order valence-corrected chi connectivity index (χ3v) is 10.3. The predicted octanol–water partition coefficient (Wildman–Crippen LogP) is 5.18. The number of hydrogen-bond donors (Lipinski definition) is 1. The van der Waals surface area contributed by atoms with E-state index in [-0.39, 0.29) is 43.0 Å². The minimum absolute atomic E-state index is 0.0692. The Labute approximate surface area is 252 Å². The van der Waals surface area contributed by atoms with Crippen molar-refractivity contribution in [3.8, 4) is 11.1 Å². The maximum absolute atomic E-state index is 14.4. The predicted molar refractivity (Wildman–Crippen MR) is 165 cm³/mol. The van der Waals surface area contributed by atoms with Gasteiger partial charge in [-0.15, -0.1) is 0 Å². The highest BCUT2D eigenvalue weighted by molar-refractivity contribution is 7.89. The third-order valence-electron chi connectivity index (χ3n) is 8.18. The van der Waals surface area contributed by atoms with Crippen LogP contribution in [-0.4, -0.2) is 72.1 Å². The van der Waals surface area contributed by atoms with Crippen LogP contribution < -0.4 is 0 Å². The lowest BCUT2D eigenvalue weighted by molar-refractivity contribution is -0.0147. The van der Waals surface area contributed by atoms with Crippen LogP contribution in [0.1, 0.15) is 29.9 Å². The number of likely N-dealkylation sites (N-methyl/N-ethyl adjacent to an activating group) is 1. The smallest absolute Gasteiger partial charge is 0.271 e. The number of carbonyl (C=O) groups is 1. The number of hydrogen-bond acceptors (Lipinski definition) is 5. The second-order valence-electron chi connectivity index (χ2n) is 11.0. The van der Waals surface area contributed by atoms with E-state index in [1.807, 2.05) is 74.0 Å². The molecule has 3 aromatic carbocycles. The molecule has 0 aliphatic carbocycles. The van der Waals surface area contributed by atoms with Crippen LogP contribution in [-0.2, 0) is 28.4 Å². The Morgan fingerprint density at radius 2 is 1.74 bits per heavy atom. The average Bonchev–Trinajstić information content (AvgIpc) is 3.28. The summed E-state index contributed by atoms with van der Waals surface area (Å²) < 4.78 is 36.6. The van der Waals surface area contributed by atoms with Gasteiger partial charge >= 0.3 is 0 Å². The summed E-state index contributed by atoms with van der Waals surface area (Å²) in [5.41, 5.74) is 4.06. The summed E-state index contributed by atoms with van der Waals surface area (Å²) in [6.07, 6.45) is -0.552. The fourth-order valence-electron chi connectivity index (χ4n) is 5.66. The number of halogens is 1. The fraction of sp³-hybridized carbons (Fsp3) is 0.344. The van der Waals surface area contributed by atoms with E-state index in [0.29, 0.717) is 10.7 Å². The lowest BCUT2D eigenvalue weighted by Gasteiger charge is -2.35. The molecule has 1 N–H and O–H groups in total. The summed E-state index contributed by atoms with van der Waals surface area (Å²) in [6, 6.07) is 21.4. The highest BCUT2D eigenvalue weighted by atomic mass is 35.5. The molecule has 0 saturated carbocycles. The first kappa shape index (κ1) is 30.3. The Bertz CT molecular complexity index is 1700. The van der Waals surface area contributed by atoms with Gasteiger partial charge in [-0.05, 0) is 48.4 Å². The molecule has 0 fully saturated rings. The number of aliphatic hydroxyl groups is 1. The van der Waals surface area contributed by atoms with E-state index in [4.69, 9.17) is 16.3 Å². The van der Waals surface area contributed by atoms with Crippen LogP contribution in [0.4, 0.5) is 0 Å². The van der Waals surface area contributed by atoms with Gasteiger partial charge in [0, 0.05) is 54.6 Å². The zero-order valence-electron chi connectivity index (χ0n) is 24.2. The van der Waals surface area contributed by atoms with Gasteiger partial charge in [-0.1, -0.05) is 61.0 Å². The van der Waals surface area contributed by atoms with Crippen molar-refractivity contribution in [3.63, 3.8) is 0 Å². The number of fused-ring (bicyclic) bond motifs is 5. The van der Waals surface area contributed by atoms with Crippen molar-refractivity contribution in [1.82, 2.24) is 13.8 Å². The molecule has 1 amide bonds. The van der Waals surface area contributed by atoms with Gasteiger partial charge in [0.15, 0.2) is 0 Å². The second-order valence-corrected chi connectivity index (χ2v) is 13.5. The molecule has 8 nitrogen and oxygen atoms in total. The van der Waals surface area contributed by atoms with E-state index in [1.165, 1.54) is 23.5 Å². The molecule has 3 atom stereocenters. The number of ether oxygens (including phenoxy) is 1. The van der Waals surface area contributed by atoms with Crippen LogP contribution in [0.15, 0.2) is 77.7 Å². The average molecular weight is 610 g/mol. The summed E-state index contributed by atoms with van der Waals surface area (Å²) in [5.74, 6) is -0.469. The monoisotopic (exact) mass is 609 g/mol. The van der Waals surface area contributed by atoms with Crippen molar-refractivity contribution < 1.29 is 23.1 Å². The summed E-state index contributed by atoms with van der Waals surface area (Å²) in [6.45, 7) is 4.10. The number of para-hydroxylation sites is 1. The van der Waals surface area contributed by atoms with Crippen LogP contribution >= 0.6 is 11.6 Å². The Hall–Kier alpha value is -3.21. The van der Waals surface area contributed by atoms with Crippen LogP contribution in [0, 0.1) is 5.92 Å². The summed E-state index contributed by atoms with van der Waals surface area (Å²) in [7, 11) is -0.403. The number of aromatic nitrogens is 1. The molecule has 0 unspecified atom stereocenters. The summed E-state index contributed by atoms with van der Waals surface area (Å²) in [4.78, 5) is 16.3. The number of nitrogens with zero attached hydrogens (tertiary/aromatic N) is 3. The molecular formula is C32H36ClN3O5S. The van der Waals surface area contributed by atoms with E-state index < -0.39 is 22.2 Å². The molecule has 2 heterocycles. The molecule has 42 heavy (non-hydrogen) atoms. The van der Waals surface area contributed by atoms with E-state index >= 15 is 0 Å². The van der Waals surface area contributed by atoms with Crippen molar-refractivity contribution >= 4 is 38.4 Å². The molecule has 10 heteroatoms. The zero-order chi connectivity index (χ0) is 30.2. The zero-order valence-corrected chi connectivity index (χ0v) is 25.8. The number of aryl methyl sites for hydroxylation is 1. The van der Waals surface area contributed by atoms with Gasteiger partial charge in [0.2, 0.25) is 10.0 Å². The van der Waals surface area contributed by atoms with Crippen molar-refractivity contribution in [2.24, 2.45) is 13.0 Å². The van der Waals surface area contributed by atoms with E-state index in [0.717, 1.165) is 27.6 Å². The Kier molecular flexibility index (Phi) is 8.78. The van der Waals surface area contributed by atoms with Gasteiger partial charge in [0.25, 0.3) is 5.91 Å². The summed E-state index contributed by atoms with van der Waals surface area (Å²) >= 11 is 5.98. The number of sulfonamides is 1. The van der Waals surface area contributed by atoms with Crippen LogP contribution in [0.25, 0.3) is 22.0 Å². The topological polar surface area (TPSA) is 92.1 Å².